The molecule has 0 radical (unpaired) electrons. The van der Waals surface area contributed by atoms with Crippen molar-refractivity contribution in [2.75, 3.05) is 6.54 Å². The lowest BCUT2D eigenvalue weighted by molar-refractivity contribution is -0.122. The smallest absolute Gasteiger partial charge is 0.237 e. The van der Waals surface area contributed by atoms with Crippen LogP contribution in [0.25, 0.3) is 0 Å². The standard InChI is InChI=1S/C10H15N3OS.2ClH/c1-7-9(15-6-13-7)5-12-10(14)8-3-2-4-11-8;;/h6,8,11H,2-5H2,1H3,(H,12,14);2*1H/t8-;;/m0../s1. The Hall–Kier alpha value is -0.360. The summed E-state index contributed by atoms with van der Waals surface area (Å²) in [4.78, 5) is 16.9. The monoisotopic (exact) mass is 297 g/mol. The zero-order valence-electron chi connectivity index (χ0n) is 9.56. The number of nitrogens with one attached hydrogen (secondary N) is 2. The van der Waals surface area contributed by atoms with Crippen LogP contribution in [-0.4, -0.2) is 23.5 Å². The number of aryl methyl sites for hydroxylation is 1. The number of hydrogen-bond acceptors (Lipinski definition) is 4. The van der Waals surface area contributed by atoms with Crippen LogP contribution >= 0.6 is 36.2 Å². The highest BCUT2D eigenvalue weighted by atomic mass is 35.5. The van der Waals surface area contributed by atoms with Gasteiger partial charge in [0, 0.05) is 4.88 Å². The Labute approximate surface area is 117 Å². The van der Waals surface area contributed by atoms with Gasteiger partial charge in [-0.3, -0.25) is 4.79 Å². The highest BCUT2D eigenvalue weighted by Crippen LogP contribution is 2.12. The van der Waals surface area contributed by atoms with Crippen molar-refractivity contribution >= 4 is 42.1 Å². The number of hydrogen-bond donors (Lipinski definition) is 2. The zero-order valence-corrected chi connectivity index (χ0v) is 12.0. The van der Waals surface area contributed by atoms with Crippen LogP contribution in [0.1, 0.15) is 23.4 Å². The number of amides is 1. The average molecular weight is 298 g/mol. The van der Waals surface area contributed by atoms with E-state index in [0.29, 0.717) is 6.54 Å². The molecule has 2 N–H and O–H groups in total. The molecule has 1 saturated heterocycles. The molecule has 1 aromatic rings. The molecule has 4 nitrogen and oxygen atoms in total. The van der Waals surface area contributed by atoms with Gasteiger partial charge in [0.25, 0.3) is 0 Å². The molecule has 1 atom stereocenters. The van der Waals surface area contributed by atoms with Crippen LogP contribution in [0, 0.1) is 6.92 Å². The van der Waals surface area contributed by atoms with Crippen LogP contribution in [0.3, 0.4) is 0 Å². The van der Waals surface area contributed by atoms with Gasteiger partial charge in [0.15, 0.2) is 0 Å². The number of nitrogens with zero attached hydrogens (tertiary/aromatic N) is 1. The summed E-state index contributed by atoms with van der Waals surface area (Å²) in [5.41, 5.74) is 2.82. The predicted molar refractivity (Wildman–Crippen MR) is 74.2 cm³/mol. The summed E-state index contributed by atoms with van der Waals surface area (Å²) >= 11 is 1.59. The zero-order chi connectivity index (χ0) is 10.7. The molecule has 1 aliphatic heterocycles. The number of halogens is 2. The molecule has 0 aromatic carbocycles. The number of aromatic nitrogens is 1. The first kappa shape index (κ1) is 16.6. The molecule has 1 fully saturated rings. The lowest BCUT2D eigenvalue weighted by Crippen LogP contribution is -2.39. The van der Waals surface area contributed by atoms with Crippen LogP contribution < -0.4 is 10.6 Å². The molecule has 0 aliphatic carbocycles. The maximum Gasteiger partial charge on any atom is 0.237 e. The second kappa shape index (κ2) is 7.87. The van der Waals surface area contributed by atoms with E-state index in [9.17, 15) is 4.79 Å². The summed E-state index contributed by atoms with van der Waals surface area (Å²) in [6.45, 7) is 3.52. The van der Waals surface area contributed by atoms with Gasteiger partial charge >= 0.3 is 0 Å². The van der Waals surface area contributed by atoms with E-state index in [0.717, 1.165) is 30.0 Å². The number of rotatable bonds is 3. The van der Waals surface area contributed by atoms with E-state index >= 15 is 0 Å². The summed E-state index contributed by atoms with van der Waals surface area (Å²) in [7, 11) is 0. The molecular formula is C10H17Cl2N3OS. The molecular weight excluding hydrogens is 281 g/mol. The van der Waals surface area contributed by atoms with E-state index in [1.54, 1.807) is 11.3 Å². The summed E-state index contributed by atoms with van der Waals surface area (Å²) < 4.78 is 0. The van der Waals surface area contributed by atoms with Gasteiger partial charge in [0.05, 0.1) is 23.8 Å². The lowest BCUT2D eigenvalue weighted by Gasteiger charge is -2.10. The lowest BCUT2D eigenvalue weighted by atomic mass is 10.2. The summed E-state index contributed by atoms with van der Waals surface area (Å²) in [6.07, 6.45) is 2.05. The number of carbonyl (C=O) groups excluding carboxylic acids is 1. The summed E-state index contributed by atoms with van der Waals surface area (Å²) in [5.74, 6) is 0.111. The molecule has 98 valence electrons. The topological polar surface area (TPSA) is 54.0 Å². The van der Waals surface area contributed by atoms with Crippen molar-refractivity contribution in [1.82, 2.24) is 15.6 Å². The first-order valence-electron chi connectivity index (χ1n) is 5.17. The Balaban J connectivity index is 0.00000128. The largest absolute Gasteiger partial charge is 0.350 e. The Morgan fingerprint density at radius 3 is 2.94 bits per heavy atom. The van der Waals surface area contributed by atoms with E-state index in [4.69, 9.17) is 0 Å². The van der Waals surface area contributed by atoms with E-state index < -0.39 is 0 Å². The fourth-order valence-electron chi connectivity index (χ4n) is 1.69. The van der Waals surface area contributed by atoms with E-state index in [1.807, 2.05) is 12.4 Å². The number of thiazole rings is 1. The van der Waals surface area contributed by atoms with Gasteiger partial charge in [-0.2, -0.15) is 0 Å². The normalized spacial score (nSPS) is 18.1. The third-order valence-electron chi connectivity index (χ3n) is 2.64. The molecule has 7 heteroatoms. The minimum absolute atomic E-state index is 0. The Morgan fingerprint density at radius 1 is 1.65 bits per heavy atom. The van der Waals surface area contributed by atoms with Crippen molar-refractivity contribution in [2.24, 2.45) is 0 Å². The molecule has 1 aromatic heterocycles. The highest BCUT2D eigenvalue weighted by molar-refractivity contribution is 7.09. The van der Waals surface area contributed by atoms with Gasteiger partial charge in [-0.05, 0) is 26.3 Å². The maximum atomic E-state index is 11.7. The van der Waals surface area contributed by atoms with Gasteiger partial charge in [-0.25, -0.2) is 4.98 Å². The van der Waals surface area contributed by atoms with Gasteiger partial charge in [0.1, 0.15) is 0 Å². The Kier molecular flexibility index (Phi) is 7.70. The highest BCUT2D eigenvalue weighted by Gasteiger charge is 2.21. The quantitative estimate of drug-likeness (QED) is 0.892. The Morgan fingerprint density at radius 2 is 2.41 bits per heavy atom. The fourth-order valence-corrected chi connectivity index (χ4v) is 2.41. The minimum Gasteiger partial charge on any atom is -0.350 e. The molecule has 2 heterocycles. The second-order valence-electron chi connectivity index (χ2n) is 3.73. The van der Waals surface area contributed by atoms with Crippen LogP contribution in [0.15, 0.2) is 5.51 Å². The third-order valence-corrected chi connectivity index (χ3v) is 3.58. The number of carbonyl (C=O) groups is 1. The van der Waals surface area contributed by atoms with Crippen LogP contribution in [0.5, 0.6) is 0 Å². The second-order valence-corrected chi connectivity index (χ2v) is 4.67. The molecule has 0 saturated carbocycles. The molecule has 1 aliphatic rings. The van der Waals surface area contributed by atoms with Crippen molar-refractivity contribution in [3.63, 3.8) is 0 Å². The molecule has 1 amide bonds. The average Bonchev–Trinajstić information content (AvgIpc) is 2.85. The first-order chi connectivity index (χ1) is 7.27. The van der Waals surface area contributed by atoms with E-state index in [-0.39, 0.29) is 36.8 Å². The first-order valence-corrected chi connectivity index (χ1v) is 6.05. The summed E-state index contributed by atoms with van der Waals surface area (Å²) in [6, 6.07) is 0.0122. The fraction of sp³-hybridized carbons (Fsp3) is 0.600. The van der Waals surface area contributed by atoms with Crippen LogP contribution in [0.2, 0.25) is 0 Å². The third kappa shape index (κ3) is 4.43. The van der Waals surface area contributed by atoms with E-state index in [2.05, 4.69) is 15.6 Å². The molecule has 0 bridgehead atoms. The van der Waals surface area contributed by atoms with Crippen molar-refractivity contribution in [2.45, 2.75) is 32.4 Å². The van der Waals surface area contributed by atoms with E-state index in [1.165, 1.54) is 0 Å². The van der Waals surface area contributed by atoms with Gasteiger partial charge in [-0.1, -0.05) is 0 Å². The predicted octanol–water partition coefficient (Wildman–Crippen LogP) is 1.66. The van der Waals surface area contributed by atoms with Gasteiger partial charge in [-0.15, -0.1) is 36.2 Å². The Bertz CT molecular complexity index is 353. The van der Waals surface area contributed by atoms with Crippen LogP contribution in [-0.2, 0) is 11.3 Å². The maximum absolute atomic E-state index is 11.7. The van der Waals surface area contributed by atoms with Crippen molar-refractivity contribution in [1.29, 1.82) is 0 Å². The SMILES string of the molecule is Cc1ncsc1CNC(=O)[C@@H]1CCCN1.Cl.Cl. The van der Waals surface area contributed by atoms with Crippen molar-refractivity contribution in [3.8, 4) is 0 Å². The van der Waals surface area contributed by atoms with Gasteiger partial charge in [0.2, 0.25) is 5.91 Å². The molecule has 2 rings (SSSR count). The van der Waals surface area contributed by atoms with Crippen molar-refractivity contribution in [3.05, 3.63) is 16.1 Å². The minimum atomic E-state index is 0. The van der Waals surface area contributed by atoms with Crippen molar-refractivity contribution < 1.29 is 4.79 Å². The summed E-state index contributed by atoms with van der Waals surface area (Å²) in [5, 5.41) is 6.11. The molecule has 17 heavy (non-hydrogen) atoms. The molecule has 0 unspecified atom stereocenters. The molecule has 0 spiro atoms. The van der Waals surface area contributed by atoms with Gasteiger partial charge < -0.3 is 10.6 Å². The van der Waals surface area contributed by atoms with Crippen LogP contribution in [0.4, 0.5) is 0 Å².